The maximum atomic E-state index is 14.9. The average molecular weight is 748 g/mol. The van der Waals surface area contributed by atoms with Gasteiger partial charge in [0.1, 0.15) is 36.2 Å². The third-order valence-corrected chi connectivity index (χ3v) is 10.9. The third kappa shape index (κ3) is 8.02. The fourth-order valence-corrected chi connectivity index (χ4v) is 7.93. The van der Waals surface area contributed by atoms with Crippen molar-refractivity contribution in [2.75, 3.05) is 47.5 Å². The Kier molecular flexibility index (Phi) is 12.4. The number of carbonyl (C=O) groups is 3. The van der Waals surface area contributed by atoms with Crippen molar-refractivity contribution in [3.8, 4) is 17.2 Å². The predicted octanol–water partition coefficient (Wildman–Crippen LogP) is 4.97. The van der Waals surface area contributed by atoms with Crippen LogP contribution in [0.1, 0.15) is 68.2 Å². The van der Waals surface area contributed by atoms with Crippen LogP contribution in [-0.4, -0.2) is 86.5 Å². The Morgan fingerprint density at radius 1 is 1.08 bits per heavy atom. The predicted molar refractivity (Wildman–Crippen MR) is 189 cm³/mol. The van der Waals surface area contributed by atoms with E-state index < -0.39 is 42.1 Å². The Balaban J connectivity index is 1.47. The van der Waals surface area contributed by atoms with E-state index in [0.717, 1.165) is 23.4 Å². The van der Waals surface area contributed by atoms with Crippen molar-refractivity contribution in [2.45, 2.75) is 70.9 Å². The van der Waals surface area contributed by atoms with E-state index in [9.17, 15) is 23.2 Å². The number of nitrogens with two attached hydrogens (primary N) is 2. The van der Waals surface area contributed by atoms with Gasteiger partial charge in [-0.05, 0) is 62.4 Å². The molecule has 1 saturated carbocycles. The van der Waals surface area contributed by atoms with Gasteiger partial charge in [0.2, 0.25) is 11.8 Å². The Morgan fingerprint density at radius 3 is 2.50 bits per heavy atom. The fraction of sp³-hybridized carbons (Fsp3) is 0.541. The minimum atomic E-state index is -2.94. The van der Waals surface area contributed by atoms with E-state index in [1.165, 1.54) is 14.2 Å². The molecular formula is C37H48ClF2N5O7. The zero-order chi connectivity index (χ0) is 37.7. The van der Waals surface area contributed by atoms with E-state index >= 15 is 0 Å². The van der Waals surface area contributed by atoms with Crippen molar-refractivity contribution < 1.29 is 42.1 Å². The van der Waals surface area contributed by atoms with Gasteiger partial charge in [-0.3, -0.25) is 14.4 Å². The lowest BCUT2D eigenvalue weighted by atomic mass is 9.66. The first-order valence-corrected chi connectivity index (χ1v) is 17.8. The molecule has 2 amide bonds. The second kappa shape index (κ2) is 16.6. The molecule has 4 N–H and O–H groups in total. The average Bonchev–Trinajstić information content (AvgIpc) is 3.53. The summed E-state index contributed by atoms with van der Waals surface area (Å²) in [5.41, 5.74) is 6.02. The first-order chi connectivity index (χ1) is 24.8. The van der Waals surface area contributed by atoms with Crippen LogP contribution in [-0.2, 0) is 32.1 Å². The number of esters is 1. The van der Waals surface area contributed by atoms with E-state index in [4.69, 9.17) is 42.1 Å². The molecule has 5 rings (SSSR count). The van der Waals surface area contributed by atoms with E-state index in [2.05, 4.69) is 0 Å². The molecule has 0 bridgehead atoms. The van der Waals surface area contributed by atoms with Gasteiger partial charge in [0.05, 0.1) is 37.3 Å². The standard InChI is InChI=1S/C37H48ClF2N5O7/c1-37(36(48)52-20-22-10-11-23(49-3)18-30(22)50-4)15-6-5-8-25(37)35(47)45-17-14-24-26(38)12-13-29(51-21-27(41)33(34(39)40)43(2)42)32(24)28(45)19-44-16-7-9-31(44)46/h10-13,18,25,28,34H,5-9,14-17,19-21,41-42H2,1-4H3/b33-27-/t25?,28?,37-/m0/s1. The summed E-state index contributed by atoms with van der Waals surface area (Å²) in [7, 11) is 4.33. The minimum Gasteiger partial charge on any atom is -0.497 e. The van der Waals surface area contributed by atoms with Crippen molar-refractivity contribution in [3.63, 3.8) is 0 Å². The number of carbonyl (C=O) groups excluding carboxylic acids is 3. The molecule has 2 aromatic carbocycles. The number of amides is 2. The number of halogens is 3. The van der Waals surface area contributed by atoms with Crippen molar-refractivity contribution in [3.05, 3.63) is 63.4 Å². The lowest BCUT2D eigenvalue weighted by molar-refractivity contribution is -0.169. The quantitative estimate of drug-likeness (QED) is 0.164. The van der Waals surface area contributed by atoms with Crippen LogP contribution in [0.5, 0.6) is 17.2 Å². The number of methoxy groups -OCH3 is 2. The number of fused-ring (bicyclic) bond motifs is 1. The summed E-state index contributed by atoms with van der Waals surface area (Å²) < 4.78 is 50.3. The van der Waals surface area contributed by atoms with Crippen LogP contribution in [0.4, 0.5) is 8.78 Å². The van der Waals surface area contributed by atoms with Gasteiger partial charge in [0.25, 0.3) is 6.43 Å². The van der Waals surface area contributed by atoms with E-state index in [0.29, 0.717) is 72.0 Å². The first-order valence-electron chi connectivity index (χ1n) is 17.5. The van der Waals surface area contributed by atoms with Gasteiger partial charge in [0.15, 0.2) is 0 Å². The Bertz CT molecular complexity index is 1680. The molecule has 2 fully saturated rings. The number of allylic oxidation sites excluding steroid dienone is 1. The second-order valence-corrected chi connectivity index (χ2v) is 14.2. The maximum Gasteiger partial charge on any atom is 0.312 e. The van der Waals surface area contributed by atoms with Crippen LogP contribution >= 0.6 is 11.6 Å². The number of hydrogen-bond donors (Lipinski definition) is 2. The van der Waals surface area contributed by atoms with Crippen LogP contribution in [0.25, 0.3) is 0 Å². The van der Waals surface area contributed by atoms with Crippen molar-refractivity contribution >= 4 is 29.4 Å². The molecule has 0 aromatic heterocycles. The molecule has 15 heteroatoms. The molecule has 2 aliphatic heterocycles. The van der Waals surface area contributed by atoms with Crippen LogP contribution in [0.2, 0.25) is 5.02 Å². The van der Waals surface area contributed by atoms with Gasteiger partial charge in [-0.25, -0.2) is 14.6 Å². The molecule has 2 unspecified atom stereocenters. The Labute approximate surface area is 307 Å². The third-order valence-electron chi connectivity index (χ3n) is 10.5. The summed E-state index contributed by atoms with van der Waals surface area (Å²) in [4.78, 5) is 45.2. The highest BCUT2D eigenvalue weighted by atomic mass is 35.5. The zero-order valence-electron chi connectivity index (χ0n) is 30.1. The fourth-order valence-electron chi connectivity index (χ4n) is 7.67. The number of benzene rings is 2. The number of hydrazine groups is 1. The molecule has 0 radical (unpaired) electrons. The second-order valence-electron chi connectivity index (χ2n) is 13.8. The first kappa shape index (κ1) is 38.9. The summed E-state index contributed by atoms with van der Waals surface area (Å²) in [5, 5.41) is 1.20. The van der Waals surface area contributed by atoms with Gasteiger partial charge in [-0.15, -0.1) is 0 Å². The molecule has 2 aromatic rings. The molecule has 284 valence electrons. The minimum absolute atomic E-state index is 0.0382. The highest BCUT2D eigenvalue weighted by molar-refractivity contribution is 6.31. The van der Waals surface area contributed by atoms with E-state index in [1.807, 2.05) is 0 Å². The number of nitrogens with zero attached hydrogens (tertiary/aromatic N) is 3. The molecule has 12 nitrogen and oxygen atoms in total. The number of hydrogen-bond acceptors (Lipinski definition) is 10. The van der Waals surface area contributed by atoms with Gasteiger partial charge in [-0.1, -0.05) is 24.4 Å². The molecule has 52 heavy (non-hydrogen) atoms. The molecule has 1 aliphatic carbocycles. The largest absolute Gasteiger partial charge is 0.497 e. The zero-order valence-corrected chi connectivity index (χ0v) is 30.8. The summed E-state index contributed by atoms with van der Waals surface area (Å²) >= 11 is 6.73. The van der Waals surface area contributed by atoms with Crippen molar-refractivity contribution in [1.29, 1.82) is 0 Å². The lowest BCUT2D eigenvalue weighted by Crippen LogP contribution is -2.53. The van der Waals surface area contributed by atoms with Crippen LogP contribution in [0.15, 0.2) is 41.7 Å². The molecular weight excluding hydrogens is 700 g/mol. The van der Waals surface area contributed by atoms with Crippen LogP contribution in [0, 0.1) is 11.3 Å². The lowest BCUT2D eigenvalue weighted by Gasteiger charge is -2.45. The Morgan fingerprint density at radius 2 is 1.85 bits per heavy atom. The van der Waals surface area contributed by atoms with Gasteiger partial charge in [-0.2, -0.15) is 0 Å². The smallest absolute Gasteiger partial charge is 0.312 e. The molecule has 1 saturated heterocycles. The van der Waals surface area contributed by atoms with Crippen molar-refractivity contribution in [1.82, 2.24) is 14.8 Å². The summed E-state index contributed by atoms with van der Waals surface area (Å²) in [6.07, 6.45) is 0.925. The van der Waals surface area contributed by atoms with Gasteiger partial charge >= 0.3 is 5.97 Å². The molecule has 3 aliphatic rings. The monoisotopic (exact) mass is 747 g/mol. The topological polar surface area (TPSA) is 150 Å². The van der Waals surface area contributed by atoms with Crippen LogP contribution in [0.3, 0.4) is 0 Å². The highest BCUT2D eigenvalue weighted by Crippen LogP contribution is 2.47. The van der Waals surface area contributed by atoms with E-state index in [-0.39, 0.29) is 37.2 Å². The highest BCUT2D eigenvalue weighted by Gasteiger charge is 2.51. The Hall–Kier alpha value is -4.30. The maximum absolute atomic E-state index is 14.9. The van der Waals surface area contributed by atoms with Crippen molar-refractivity contribution in [2.24, 2.45) is 22.9 Å². The molecule has 3 atom stereocenters. The molecule has 0 spiro atoms. The van der Waals surface area contributed by atoms with Crippen LogP contribution < -0.4 is 25.8 Å². The number of alkyl halides is 2. The van der Waals surface area contributed by atoms with E-state index in [1.54, 1.807) is 54.2 Å². The summed E-state index contributed by atoms with van der Waals surface area (Å²) in [6.45, 7) is 2.28. The summed E-state index contributed by atoms with van der Waals surface area (Å²) in [5.74, 6) is 5.55. The molecule has 2 heterocycles. The van der Waals surface area contributed by atoms with Gasteiger partial charge in [0, 0.05) is 55.3 Å². The normalized spacial score (nSPS) is 22.1. The SMILES string of the molecule is COc1ccc(COC(=O)[C@@]2(C)CCCCC2C(=O)N2CCc3c(Cl)ccc(OC/C(N)=C(\C(F)F)N(C)N)c3C2CN2CCCC2=O)c(OC)c1. The number of likely N-dealkylation sites (tertiary alicyclic amines) is 1. The number of rotatable bonds is 13. The van der Waals surface area contributed by atoms with Gasteiger partial charge < -0.3 is 39.5 Å². The number of ether oxygens (including phenoxy) is 4. The summed E-state index contributed by atoms with van der Waals surface area (Å²) in [6, 6.07) is 7.80.